The highest BCUT2D eigenvalue weighted by Crippen LogP contribution is 2.19. The van der Waals surface area contributed by atoms with Crippen molar-refractivity contribution in [2.45, 2.75) is 20.0 Å². The van der Waals surface area contributed by atoms with Crippen LogP contribution in [-0.2, 0) is 4.74 Å². The molecule has 0 saturated heterocycles. The highest BCUT2D eigenvalue weighted by atomic mass is 35.5. The Morgan fingerprint density at radius 3 is 2.93 bits per heavy atom. The molecule has 14 heavy (non-hydrogen) atoms. The molecule has 1 heterocycles. The Kier molecular flexibility index (Phi) is 3.71. The molecular weight excluding hydrogens is 204 g/mol. The molecule has 76 valence electrons. The van der Waals surface area contributed by atoms with E-state index in [0.717, 1.165) is 0 Å². The summed E-state index contributed by atoms with van der Waals surface area (Å²) in [6, 6.07) is 1.60. The number of rotatable bonds is 2. The first-order valence-corrected chi connectivity index (χ1v) is 4.54. The molecule has 0 aromatic carbocycles. The van der Waals surface area contributed by atoms with E-state index in [-0.39, 0.29) is 6.10 Å². The van der Waals surface area contributed by atoms with Crippen molar-refractivity contribution in [3.63, 3.8) is 0 Å². The van der Waals surface area contributed by atoms with E-state index in [2.05, 4.69) is 10.3 Å². The van der Waals surface area contributed by atoms with Crippen LogP contribution in [0, 0.1) is 0 Å². The van der Waals surface area contributed by atoms with Crippen molar-refractivity contribution in [3.05, 3.63) is 23.5 Å². The molecule has 0 aliphatic heterocycles. The van der Waals surface area contributed by atoms with Gasteiger partial charge in [0.15, 0.2) is 0 Å². The second-order valence-corrected chi connectivity index (χ2v) is 3.34. The number of hydrogen-bond donors (Lipinski definition) is 1. The van der Waals surface area contributed by atoms with Gasteiger partial charge in [0.2, 0.25) is 0 Å². The van der Waals surface area contributed by atoms with Crippen LogP contribution in [0.4, 0.5) is 10.5 Å². The van der Waals surface area contributed by atoms with Gasteiger partial charge in [0.25, 0.3) is 0 Å². The Morgan fingerprint density at radius 2 is 2.36 bits per heavy atom. The molecule has 4 nitrogen and oxygen atoms in total. The SMILES string of the molecule is CC(C)OC(=O)Nc1ccncc1Cl. The highest BCUT2D eigenvalue weighted by molar-refractivity contribution is 6.33. The number of pyridine rings is 1. The van der Waals surface area contributed by atoms with Crippen LogP contribution in [0.3, 0.4) is 0 Å². The fourth-order valence-corrected chi connectivity index (χ4v) is 0.997. The first-order chi connectivity index (χ1) is 6.59. The van der Waals surface area contributed by atoms with E-state index in [1.165, 1.54) is 12.4 Å². The lowest BCUT2D eigenvalue weighted by atomic mass is 10.4. The average Bonchev–Trinajstić information content (AvgIpc) is 2.07. The number of aromatic nitrogens is 1. The molecule has 0 radical (unpaired) electrons. The van der Waals surface area contributed by atoms with Crippen molar-refractivity contribution >= 4 is 23.4 Å². The van der Waals surface area contributed by atoms with E-state index in [1.807, 2.05) is 0 Å². The molecular formula is C9H11ClN2O2. The molecule has 0 atom stereocenters. The lowest BCUT2D eigenvalue weighted by molar-refractivity contribution is 0.130. The minimum absolute atomic E-state index is 0.157. The van der Waals surface area contributed by atoms with E-state index in [4.69, 9.17) is 16.3 Å². The Bertz CT molecular complexity index is 328. The van der Waals surface area contributed by atoms with Crippen molar-refractivity contribution < 1.29 is 9.53 Å². The Balaban J connectivity index is 2.61. The van der Waals surface area contributed by atoms with Crippen LogP contribution in [0.5, 0.6) is 0 Å². The second kappa shape index (κ2) is 4.81. The fraction of sp³-hybridized carbons (Fsp3) is 0.333. The largest absolute Gasteiger partial charge is 0.447 e. The monoisotopic (exact) mass is 214 g/mol. The van der Waals surface area contributed by atoms with Gasteiger partial charge in [-0.2, -0.15) is 0 Å². The third-order valence-corrected chi connectivity index (χ3v) is 1.65. The minimum Gasteiger partial charge on any atom is -0.447 e. The second-order valence-electron chi connectivity index (χ2n) is 2.93. The van der Waals surface area contributed by atoms with Crippen LogP contribution >= 0.6 is 11.6 Å². The highest BCUT2D eigenvalue weighted by Gasteiger charge is 2.07. The maximum Gasteiger partial charge on any atom is 0.411 e. The summed E-state index contributed by atoms with van der Waals surface area (Å²) in [6.45, 7) is 3.54. The van der Waals surface area contributed by atoms with E-state index >= 15 is 0 Å². The molecule has 0 saturated carbocycles. The van der Waals surface area contributed by atoms with Gasteiger partial charge in [-0.1, -0.05) is 11.6 Å². The van der Waals surface area contributed by atoms with E-state index in [1.54, 1.807) is 19.9 Å². The predicted octanol–water partition coefficient (Wildman–Crippen LogP) is 2.69. The Hall–Kier alpha value is -1.29. The molecule has 5 heteroatoms. The maximum absolute atomic E-state index is 11.2. The summed E-state index contributed by atoms with van der Waals surface area (Å²) in [7, 11) is 0. The lowest BCUT2D eigenvalue weighted by Gasteiger charge is -2.09. The summed E-state index contributed by atoms with van der Waals surface area (Å²) < 4.78 is 4.88. The first-order valence-electron chi connectivity index (χ1n) is 4.16. The summed E-state index contributed by atoms with van der Waals surface area (Å²) in [6.07, 6.45) is 2.31. The minimum atomic E-state index is -0.520. The number of amides is 1. The number of anilines is 1. The van der Waals surface area contributed by atoms with Crippen molar-refractivity contribution in [3.8, 4) is 0 Å². The molecule has 0 bridgehead atoms. The molecule has 1 rings (SSSR count). The van der Waals surface area contributed by atoms with Gasteiger partial charge in [0.1, 0.15) is 0 Å². The number of nitrogens with one attached hydrogen (secondary N) is 1. The third kappa shape index (κ3) is 3.22. The number of ether oxygens (including phenoxy) is 1. The predicted molar refractivity (Wildman–Crippen MR) is 54.5 cm³/mol. The van der Waals surface area contributed by atoms with Crippen LogP contribution < -0.4 is 5.32 Å². The van der Waals surface area contributed by atoms with E-state index < -0.39 is 6.09 Å². The van der Waals surface area contributed by atoms with Gasteiger partial charge in [-0.25, -0.2) is 4.79 Å². The number of nitrogens with zero attached hydrogens (tertiary/aromatic N) is 1. The van der Waals surface area contributed by atoms with Crippen LogP contribution in [0.1, 0.15) is 13.8 Å². The van der Waals surface area contributed by atoms with Gasteiger partial charge >= 0.3 is 6.09 Å². The molecule has 1 aromatic heterocycles. The standard InChI is InChI=1S/C9H11ClN2O2/c1-6(2)14-9(13)12-8-3-4-11-5-7(8)10/h3-6H,1-2H3,(H,11,12,13). The third-order valence-electron chi connectivity index (χ3n) is 1.35. The van der Waals surface area contributed by atoms with Crippen molar-refractivity contribution in [2.75, 3.05) is 5.32 Å². The number of halogens is 1. The topological polar surface area (TPSA) is 51.2 Å². The number of carbonyl (C=O) groups is 1. The molecule has 0 fully saturated rings. The molecule has 1 aromatic rings. The Labute approximate surface area is 87.2 Å². The summed E-state index contributed by atoms with van der Waals surface area (Å²) in [4.78, 5) is 15.0. The summed E-state index contributed by atoms with van der Waals surface area (Å²) in [5.41, 5.74) is 0.493. The fourth-order valence-electron chi connectivity index (χ4n) is 0.830. The van der Waals surface area contributed by atoms with Crippen LogP contribution in [0.15, 0.2) is 18.5 Å². The molecule has 1 N–H and O–H groups in total. The summed E-state index contributed by atoms with van der Waals surface area (Å²) in [5.74, 6) is 0. The van der Waals surface area contributed by atoms with Crippen LogP contribution in [-0.4, -0.2) is 17.2 Å². The number of hydrogen-bond acceptors (Lipinski definition) is 3. The van der Waals surface area contributed by atoms with E-state index in [0.29, 0.717) is 10.7 Å². The molecule has 0 aliphatic rings. The van der Waals surface area contributed by atoms with Gasteiger partial charge in [0, 0.05) is 12.4 Å². The molecule has 1 amide bonds. The lowest BCUT2D eigenvalue weighted by Crippen LogP contribution is -2.18. The van der Waals surface area contributed by atoms with Crippen molar-refractivity contribution in [1.82, 2.24) is 4.98 Å². The zero-order chi connectivity index (χ0) is 10.6. The normalized spacial score (nSPS) is 10.0. The van der Waals surface area contributed by atoms with Gasteiger partial charge in [-0.05, 0) is 19.9 Å². The van der Waals surface area contributed by atoms with Crippen LogP contribution in [0.2, 0.25) is 5.02 Å². The van der Waals surface area contributed by atoms with E-state index in [9.17, 15) is 4.79 Å². The van der Waals surface area contributed by atoms with Gasteiger partial charge in [-0.15, -0.1) is 0 Å². The average molecular weight is 215 g/mol. The van der Waals surface area contributed by atoms with Gasteiger partial charge in [0.05, 0.1) is 16.8 Å². The summed E-state index contributed by atoms with van der Waals surface area (Å²) in [5, 5.41) is 2.89. The number of carbonyl (C=O) groups excluding carboxylic acids is 1. The van der Waals surface area contributed by atoms with Gasteiger partial charge in [-0.3, -0.25) is 10.3 Å². The Morgan fingerprint density at radius 1 is 1.64 bits per heavy atom. The molecule has 0 unspecified atom stereocenters. The van der Waals surface area contributed by atoms with Gasteiger partial charge < -0.3 is 4.74 Å². The van der Waals surface area contributed by atoms with Crippen molar-refractivity contribution in [2.24, 2.45) is 0 Å². The molecule has 0 aliphatic carbocycles. The molecule has 0 spiro atoms. The van der Waals surface area contributed by atoms with Crippen molar-refractivity contribution in [1.29, 1.82) is 0 Å². The first kappa shape index (κ1) is 10.8. The van der Waals surface area contributed by atoms with Crippen LogP contribution in [0.25, 0.3) is 0 Å². The quantitative estimate of drug-likeness (QED) is 0.824. The zero-order valence-electron chi connectivity index (χ0n) is 7.95. The zero-order valence-corrected chi connectivity index (χ0v) is 8.71. The smallest absolute Gasteiger partial charge is 0.411 e. The maximum atomic E-state index is 11.2. The summed E-state index contributed by atoms with van der Waals surface area (Å²) >= 11 is 5.77.